The highest BCUT2D eigenvalue weighted by Gasteiger charge is 2.53. The van der Waals surface area contributed by atoms with Crippen molar-refractivity contribution >= 4 is 82.5 Å². The summed E-state index contributed by atoms with van der Waals surface area (Å²) >= 11 is 0. The van der Waals surface area contributed by atoms with Crippen molar-refractivity contribution in [1.82, 2.24) is 53.6 Å². The maximum absolute atomic E-state index is 13.6. The Bertz CT molecular complexity index is 3590. The lowest BCUT2D eigenvalue weighted by Gasteiger charge is -2.31. The number of nitrogen functional groups attached to an aromatic ring is 3. The Morgan fingerprint density at radius 2 is 1.38 bits per heavy atom. The molecular weight excluding hydrogens is 1180 g/mol. The number of hydrogen-bond donors (Lipinski definition) is 11. The summed E-state index contributed by atoms with van der Waals surface area (Å²) in [6, 6.07) is 0. The van der Waals surface area contributed by atoms with Gasteiger partial charge in [-0.25, -0.2) is 38.2 Å². The number of anilines is 3. The van der Waals surface area contributed by atoms with Crippen molar-refractivity contribution in [1.29, 1.82) is 0 Å². The lowest BCUT2D eigenvalue weighted by Crippen LogP contribution is -2.45. The van der Waals surface area contributed by atoms with Gasteiger partial charge in [0.25, 0.3) is 24.9 Å². The molecule has 0 saturated carbocycles. The number of methoxy groups -OCH3 is 1. The summed E-state index contributed by atoms with van der Waals surface area (Å²) in [6.07, 6.45) is -14.6. The number of nitrogens with zero attached hydrogens (tertiary/aromatic N) is 10. The number of aromatic nitrogens is 12. The van der Waals surface area contributed by atoms with E-state index in [2.05, 4.69) is 53.2 Å². The molecular formula is C35H47F2N15O24P4. The molecule has 16 atom stereocenters. The number of aromatic amines is 2. The van der Waals surface area contributed by atoms with E-state index in [9.17, 15) is 71.5 Å². The summed E-state index contributed by atoms with van der Waals surface area (Å²) in [4.78, 5) is 98.7. The molecule has 14 N–H and O–H groups in total. The molecule has 9 rings (SSSR count). The van der Waals surface area contributed by atoms with Gasteiger partial charge in [-0.2, -0.15) is 22.4 Å². The smallest absolute Gasteiger partial charge is 0.490 e. The molecule has 45 heteroatoms. The molecule has 4 unspecified atom stereocenters. The minimum atomic E-state index is -6.28. The maximum atomic E-state index is 13.6. The van der Waals surface area contributed by atoms with Gasteiger partial charge >= 0.3 is 35.7 Å². The molecule has 0 spiro atoms. The van der Waals surface area contributed by atoms with E-state index in [1.807, 2.05) is 0 Å². The SMILES string of the molecule is CO[C@@H]1[C@H](OP(=O)([O-])OC[C@H]2O[C@@H](n3cnc4c(=O)[nH]c(N)nc43)[C@H](O)[C@@H]2O)[C@@H](COP(=O)(O)OP(=O)(O)OP(=O)(O)OC[C@H]2O[C@@H]([n+]3cn(C)c4c(=O)[nH]c(N)nc43)[C@H](O)[C@@H]2CCOC(F)F)O[C@H]1n1cnc2c(N)ncnc21. The Hall–Kier alpha value is -5.29. The average Bonchev–Trinajstić information content (AvgIpc) is 4.43. The van der Waals surface area contributed by atoms with Gasteiger partial charge in [0.2, 0.25) is 17.7 Å². The fraction of sp³-hybridized carbons (Fsp3) is 0.571. The number of ether oxygens (including phenoxy) is 5. The van der Waals surface area contributed by atoms with Crippen LogP contribution in [0.3, 0.4) is 0 Å². The molecule has 3 aliphatic heterocycles. The first-order valence-electron chi connectivity index (χ1n) is 22.7. The number of fused-ring (bicyclic) bond motifs is 3. The van der Waals surface area contributed by atoms with Crippen molar-refractivity contribution in [2.45, 2.75) is 80.5 Å². The summed E-state index contributed by atoms with van der Waals surface area (Å²) < 4.78 is 140. The van der Waals surface area contributed by atoms with Crippen molar-refractivity contribution in [3.05, 3.63) is 46.0 Å². The van der Waals surface area contributed by atoms with Crippen LogP contribution in [0.15, 0.2) is 34.9 Å². The number of H-pyrrole nitrogens is 2. The Morgan fingerprint density at radius 1 is 0.762 bits per heavy atom. The minimum Gasteiger partial charge on any atom is -0.756 e. The van der Waals surface area contributed by atoms with E-state index in [-0.39, 0.29) is 51.2 Å². The van der Waals surface area contributed by atoms with Crippen LogP contribution in [0.2, 0.25) is 0 Å². The molecule has 0 aliphatic carbocycles. The summed E-state index contributed by atoms with van der Waals surface area (Å²) in [5.74, 6) is -2.08. The molecule has 0 aromatic carbocycles. The van der Waals surface area contributed by atoms with Crippen molar-refractivity contribution in [2.24, 2.45) is 13.0 Å². The van der Waals surface area contributed by atoms with E-state index >= 15 is 0 Å². The molecule has 440 valence electrons. The zero-order valence-electron chi connectivity index (χ0n) is 40.6. The third-order valence-corrected chi connectivity index (χ3v) is 17.6. The highest BCUT2D eigenvalue weighted by molar-refractivity contribution is 7.66. The van der Waals surface area contributed by atoms with E-state index in [0.717, 1.165) is 39.8 Å². The van der Waals surface area contributed by atoms with Crippen LogP contribution in [0, 0.1) is 5.92 Å². The van der Waals surface area contributed by atoms with Gasteiger partial charge < -0.3 is 84.8 Å². The van der Waals surface area contributed by atoms with Crippen LogP contribution in [0.25, 0.3) is 33.5 Å². The van der Waals surface area contributed by atoms with E-state index in [4.69, 9.17) is 54.2 Å². The Labute approximate surface area is 442 Å². The fourth-order valence-electron chi connectivity index (χ4n) is 9.02. The van der Waals surface area contributed by atoms with E-state index in [1.165, 1.54) is 17.9 Å². The van der Waals surface area contributed by atoms with Gasteiger partial charge in [-0.05, 0) is 6.42 Å². The molecule has 0 amide bonds. The Kier molecular flexibility index (Phi) is 16.9. The van der Waals surface area contributed by atoms with Crippen LogP contribution < -0.4 is 37.8 Å². The molecule has 3 saturated heterocycles. The molecule has 9 heterocycles. The number of nitrogens with one attached hydrogen (secondary N) is 2. The maximum Gasteiger partial charge on any atom is 0.490 e. The van der Waals surface area contributed by atoms with Crippen molar-refractivity contribution in [2.75, 3.05) is 50.7 Å². The zero-order valence-corrected chi connectivity index (χ0v) is 44.2. The lowest BCUT2D eigenvalue weighted by molar-refractivity contribution is -0.745. The lowest BCUT2D eigenvalue weighted by atomic mass is 9.95. The number of aliphatic hydroxyl groups is 3. The monoisotopic (exact) mass is 1220 g/mol. The molecule has 6 aromatic heterocycles. The molecule has 80 heavy (non-hydrogen) atoms. The van der Waals surface area contributed by atoms with Crippen LogP contribution in [0.1, 0.15) is 25.1 Å². The van der Waals surface area contributed by atoms with Crippen LogP contribution in [-0.2, 0) is 75.7 Å². The van der Waals surface area contributed by atoms with Crippen LogP contribution in [0.5, 0.6) is 0 Å². The van der Waals surface area contributed by atoms with Crippen LogP contribution >= 0.6 is 31.3 Å². The third-order valence-electron chi connectivity index (χ3n) is 12.4. The van der Waals surface area contributed by atoms with Gasteiger partial charge in [0.1, 0.15) is 54.6 Å². The van der Waals surface area contributed by atoms with Gasteiger partial charge in [-0.3, -0.25) is 46.9 Å². The second kappa shape index (κ2) is 22.8. The van der Waals surface area contributed by atoms with Gasteiger partial charge in [0, 0.05) is 13.0 Å². The number of aryl methyl sites for hydroxylation is 1. The number of halogens is 2. The summed E-state index contributed by atoms with van der Waals surface area (Å²) in [5.41, 5.74) is 15.2. The van der Waals surface area contributed by atoms with E-state index in [1.54, 1.807) is 0 Å². The fourth-order valence-corrected chi connectivity index (χ4v) is 13.5. The molecule has 3 aliphatic rings. The molecule has 6 aromatic rings. The number of alkyl halides is 2. The molecule has 39 nitrogen and oxygen atoms in total. The zero-order chi connectivity index (χ0) is 58.0. The normalized spacial score (nSPS) is 29.4. The Balaban J connectivity index is 0.874. The van der Waals surface area contributed by atoms with Crippen molar-refractivity contribution in [3.63, 3.8) is 0 Å². The number of aliphatic hydroxyl groups excluding tert-OH is 3. The summed E-state index contributed by atoms with van der Waals surface area (Å²) in [7, 11) is -21.5. The number of phosphoric ester groups is 3. The van der Waals surface area contributed by atoms with Gasteiger partial charge in [-0.1, -0.05) is 4.98 Å². The third kappa shape index (κ3) is 12.4. The van der Waals surface area contributed by atoms with Gasteiger partial charge in [-0.15, -0.1) is 0 Å². The molecule has 0 bridgehead atoms. The van der Waals surface area contributed by atoms with Crippen LogP contribution in [-0.4, -0.2) is 173 Å². The first kappa shape index (κ1) is 59.3. The summed E-state index contributed by atoms with van der Waals surface area (Å²) in [6.45, 7) is -7.48. The standard InChI is InChI=1S/C35H47F2N15O24P4/c1-49-11-52(27-18(49)29(57)48-35(40)46-27)30-19(53)12(3-4-67-33(36)37)13(71-30)5-69-78(60,61)75-80(64,65)76-79(62,63)70-7-15-22(23(66-2)32(73-15)50-9-43-16-24(38)41-8-42-25(16)50)74-77(58,59)68-6-14-20(54)21(55)31(72-14)51-10-44-17-26(51)45-34(39)47-28(17)56/h8-15,19-23,30-33,53-55H,3-7H2,1-2H3,(H11-,38,39,40,41,42,45,46,47,48,56,57,58,59,60,61,62,63,64,65)/t12-,13-,14-,15-,19-,20-,21-,22-,23-,30-,31-,32-/m1/s1. The van der Waals surface area contributed by atoms with Gasteiger partial charge in [0.15, 0.2) is 41.4 Å². The minimum absolute atomic E-state index is 0.0162. The number of phosphoric acid groups is 4. The quantitative estimate of drug-likeness (QED) is 0.0219. The summed E-state index contributed by atoms with van der Waals surface area (Å²) in [5, 5.41) is 33.1. The first-order valence-corrected chi connectivity index (χ1v) is 28.7. The van der Waals surface area contributed by atoms with E-state index < -0.39 is 155 Å². The number of imidazole rings is 3. The average molecular weight is 1220 g/mol. The number of rotatable bonds is 23. The topological polar surface area (TPSA) is 554 Å². The van der Waals surface area contributed by atoms with Crippen LogP contribution in [0.4, 0.5) is 26.5 Å². The van der Waals surface area contributed by atoms with Crippen molar-refractivity contribution in [3.8, 4) is 0 Å². The van der Waals surface area contributed by atoms with Crippen molar-refractivity contribution < 1.29 is 117 Å². The largest absolute Gasteiger partial charge is 0.756 e. The Morgan fingerprint density at radius 3 is 2.05 bits per heavy atom. The predicted octanol–water partition coefficient (Wildman–Crippen LogP) is -3.46. The first-order chi connectivity index (χ1) is 37.6. The molecule has 0 radical (unpaired) electrons. The highest BCUT2D eigenvalue weighted by Crippen LogP contribution is 2.68. The second-order valence-corrected chi connectivity index (χ2v) is 23.5. The number of hydrogen-bond acceptors (Lipinski definition) is 30. The van der Waals surface area contributed by atoms with E-state index in [0.29, 0.717) is 0 Å². The predicted molar refractivity (Wildman–Crippen MR) is 251 cm³/mol. The van der Waals surface area contributed by atoms with Gasteiger partial charge in [0.05, 0.1) is 52.2 Å². The highest BCUT2D eigenvalue weighted by atomic mass is 31.3. The molecule has 3 fully saturated rings. The second-order valence-electron chi connectivity index (χ2n) is 17.5. The number of nitrogens with two attached hydrogens (primary N) is 3.